The molecule has 0 unspecified atom stereocenters. The molecule has 1 aliphatic rings. The zero-order chi connectivity index (χ0) is 14.3. The normalized spacial score (nSPS) is 13.6. The van der Waals surface area contributed by atoms with Crippen molar-refractivity contribution in [2.24, 2.45) is 0 Å². The molecule has 4 heteroatoms. The molecular formula is C16H13NO3. The Kier molecular flexibility index (Phi) is 2.79. The number of hydrogen-bond acceptors (Lipinski definition) is 3. The molecule has 20 heavy (non-hydrogen) atoms. The topological polar surface area (TPSA) is 46.6 Å². The van der Waals surface area contributed by atoms with Gasteiger partial charge in [0, 0.05) is 0 Å². The number of hydrogen-bond donors (Lipinski definition) is 0. The van der Waals surface area contributed by atoms with Crippen molar-refractivity contribution in [1.82, 2.24) is 5.06 Å². The summed E-state index contributed by atoms with van der Waals surface area (Å²) in [6.45, 7) is 3.79. The van der Waals surface area contributed by atoms with E-state index in [1.54, 1.807) is 30.3 Å². The molecule has 100 valence electrons. The molecule has 4 nitrogen and oxygen atoms in total. The summed E-state index contributed by atoms with van der Waals surface area (Å²) in [5, 5.41) is 0.826. The molecule has 2 aromatic rings. The van der Waals surface area contributed by atoms with Crippen LogP contribution in [-0.2, 0) is 0 Å². The van der Waals surface area contributed by atoms with Crippen molar-refractivity contribution >= 4 is 11.8 Å². The van der Waals surface area contributed by atoms with Crippen molar-refractivity contribution in [3.8, 4) is 5.75 Å². The Bertz CT molecular complexity index is 686. The second kappa shape index (κ2) is 4.49. The number of aryl methyl sites for hydroxylation is 2. The number of rotatable bonds is 2. The van der Waals surface area contributed by atoms with E-state index < -0.39 is 11.8 Å². The monoisotopic (exact) mass is 267 g/mol. The van der Waals surface area contributed by atoms with E-state index in [1.807, 2.05) is 26.0 Å². The highest BCUT2D eigenvalue weighted by molar-refractivity contribution is 6.20. The Morgan fingerprint density at radius 2 is 1.50 bits per heavy atom. The van der Waals surface area contributed by atoms with E-state index in [0.717, 1.165) is 16.2 Å². The van der Waals surface area contributed by atoms with E-state index in [2.05, 4.69) is 0 Å². The number of nitrogens with zero attached hydrogens (tertiary/aromatic N) is 1. The largest absolute Gasteiger partial charge is 0.368 e. The van der Waals surface area contributed by atoms with Crippen LogP contribution in [0.25, 0.3) is 0 Å². The molecule has 0 fully saturated rings. The van der Waals surface area contributed by atoms with Gasteiger partial charge in [0.05, 0.1) is 11.1 Å². The smallest absolute Gasteiger partial charge is 0.295 e. The number of amides is 2. The summed E-state index contributed by atoms with van der Waals surface area (Å²) in [5.74, 6) is -0.336. The third kappa shape index (κ3) is 1.86. The summed E-state index contributed by atoms with van der Waals surface area (Å²) in [5.41, 5.74) is 2.62. The van der Waals surface area contributed by atoms with Gasteiger partial charge in [-0.1, -0.05) is 29.3 Å². The fourth-order valence-corrected chi connectivity index (χ4v) is 2.15. The third-order valence-corrected chi connectivity index (χ3v) is 3.29. The lowest BCUT2D eigenvalue weighted by Gasteiger charge is -2.16. The van der Waals surface area contributed by atoms with E-state index in [4.69, 9.17) is 4.84 Å². The molecule has 0 bridgehead atoms. The molecule has 0 N–H and O–H groups in total. The zero-order valence-corrected chi connectivity index (χ0v) is 11.2. The van der Waals surface area contributed by atoms with Crippen molar-refractivity contribution in [1.29, 1.82) is 0 Å². The van der Waals surface area contributed by atoms with Crippen LogP contribution in [0.2, 0.25) is 0 Å². The van der Waals surface area contributed by atoms with Gasteiger partial charge in [-0.3, -0.25) is 9.59 Å². The molecule has 0 spiro atoms. The summed E-state index contributed by atoms with van der Waals surface area (Å²) >= 11 is 0. The minimum atomic E-state index is -0.425. The lowest BCUT2D eigenvalue weighted by molar-refractivity contribution is -0.0144. The van der Waals surface area contributed by atoms with Crippen LogP contribution in [-0.4, -0.2) is 16.9 Å². The van der Waals surface area contributed by atoms with Gasteiger partial charge < -0.3 is 4.84 Å². The van der Waals surface area contributed by atoms with Crippen LogP contribution in [0.1, 0.15) is 31.8 Å². The molecule has 2 aromatic carbocycles. The minimum Gasteiger partial charge on any atom is -0.368 e. The Morgan fingerprint density at radius 3 is 2.10 bits per heavy atom. The zero-order valence-electron chi connectivity index (χ0n) is 11.2. The van der Waals surface area contributed by atoms with Crippen molar-refractivity contribution in [3.05, 3.63) is 64.7 Å². The van der Waals surface area contributed by atoms with Gasteiger partial charge in [-0.25, -0.2) is 0 Å². The fourth-order valence-electron chi connectivity index (χ4n) is 2.15. The average Bonchev–Trinajstić information content (AvgIpc) is 2.68. The van der Waals surface area contributed by atoms with E-state index in [9.17, 15) is 9.59 Å². The average molecular weight is 267 g/mol. The molecule has 1 aliphatic heterocycles. The summed E-state index contributed by atoms with van der Waals surface area (Å²) in [7, 11) is 0. The summed E-state index contributed by atoms with van der Waals surface area (Å²) < 4.78 is 0. The van der Waals surface area contributed by atoms with E-state index in [0.29, 0.717) is 16.9 Å². The molecule has 0 saturated carbocycles. The molecule has 3 rings (SSSR count). The quantitative estimate of drug-likeness (QED) is 0.786. The minimum absolute atomic E-state index is 0.378. The molecule has 0 saturated heterocycles. The molecule has 2 amide bonds. The van der Waals surface area contributed by atoms with Crippen LogP contribution in [0.4, 0.5) is 0 Å². The van der Waals surface area contributed by atoms with Crippen LogP contribution < -0.4 is 4.84 Å². The first-order chi connectivity index (χ1) is 9.58. The highest BCUT2D eigenvalue weighted by Crippen LogP contribution is 2.26. The first-order valence-corrected chi connectivity index (χ1v) is 6.31. The van der Waals surface area contributed by atoms with Crippen LogP contribution in [0, 0.1) is 13.8 Å². The third-order valence-electron chi connectivity index (χ3n) is 3.29. The Labute approximate surface area is 116 Å². The van der Waals surface area contributed by atoms with Crippen molar-refractivity contribution < 1.29 is 14.4 Å². The predicted octanol–water partition coefficient (Wildman–Crippen LogP) is 2.89. The number of hydroxylamine groups is 2. The van der Waals surface area contributed by atoms with Gasteiger partial charge in [-0.2, -0.15) is 0 Å². The maximum absolute atomic E-state index is 12.2. The van der Waals surface area contributed by atoms with Crippen molar-refractivity contribution in [2.75, 3.05) is 0 Å². The molecule has 0 radical (unpaired) electrons. The first-order valence-electron chi connectivity index (χ1n) is 6.31. The molecule has 1 heterocycles. The van der Waals surface area contributed by atoms with E-state index in [1.165, 1.54) is 0 Å². The van der Waals surface area contributed by atoms with Gasteiger partial charge in [0.25, 0.3) is 11.8 Å². The number of carbonyl (C=O) groups is 2. The highest BCUT2D eigenvalue weighted by Gasteiger charge is 2.37. The van der Waals surface area contributed by atoms with Gasteiger partial charge in [0.2, 0.25) is 0 Å². The molecular weight excluding hydrogens is 254 g/mol. The second-order valence-corrected chi connectivity index (χ2v) is 4.81. The second-order valence-electron chi connectivity index (χ2n) is 4.81. The van der Waals surface area contributed by atoms with Crippen molar-refractivity contribution in [3.63, 3.8) is 0 Å². The summed E-state index contributed by atoms with van der Waals surface area (Å²) in [6.07, 6.45) is 0. The van der Waals surface area contributed by atoms with Gasteiger partial charge in [-0.05, 0) is 43.2 Å². The summed E-state index contributed by atoms with van der Waals surface area (Å²) in [4.78, 5) is 29.9. The Balaban J connectivity index is 1.96. The Hall–Kier alpha value is -2.62. The van der Waals surface area contributed by atoms with Gasteiger partial charge in [-0.15, -0.1) is 0 Å². The van der Waals surface area contributed by atoms with Crippen LogP contribution >= 0.6 is 0 Å². The number of benzene rings is 2. The van der Waals surface area contributed by atoms with Gasteiger partial charge >= 0.3 is 0 Å². The fraction of sp³-hybridized carbons (Fsp3) is 0.125. The number of carbonyl (C=O) groups excluding carboxylic acids is 2. The van der Waals surface area contributed by atoms with E-state index >= 15 is 0 Å². The summed E-state index contributed by atoms with van der Waals surface area (Å²) in [6, 6.07) is 12.4. The van der Waals surface area contributed by atoms with E-state index in [-0.39, 0.29) is 0 Å². The molecule has 0 atom stereocenters. The number of fused-ring (bicyclic) bond motifs is 1. The molecule has 0 aromatic heterocycles. The van der Waals surface area contributed by atoms with Gasteiger partial charge in [0.1, 0.15) is 0 Å². The lowest BCUT2D eigenvalue weighted by atomic mass is 10.1. The van der Waals surface area contributed by atoms with Crippen molar-refractivity contribution in [2.45, 2.75) is 13.8 Å². The maximum atomic E-state index is 12.2. The standard InChI is InChI=1S/C16H13NO3/c1-10-7-8-11(2)14(9-10)20-17-15(18)12-5-3-4-6-13(12)16(17)19/h3-9H,1-2H3. The van der Waals surface area contributed by atoms with Gasteiger partial charge in [0.15, 0.2) is 5.75 Å². The highest BCUT2D eigenvalue weighted by atomic mass is 16.7. The molecule has 0 aliphatic carbocycles. The Morgan fingerprint density at radius 1 is 0.900 bits per heavy atom. The van der Waals surface area contributed by atoms with Crippen LogP contribution in [0.5, 0.6) is 5.75 Å². The predicted molar refractivity (Wildman–Crippen MR) is 73.5 cm³/mol. The lowest BCUT2D eigenvalue weighted by Crippen LogP contribution is -2.33. The first kappa shape index (κ1) is 12.4. The number of imide groups is 1. The SMILES string of the molecule is Cc1ccc(C)c(ON2C(=O)c3ccccc3C2=O)c1. The van der Waals surface area contributed by atoms with Crippen LogP contribution in [0.15, 0.2) is 42.5 Å². The van der Waals surface area contributed by atoms with Crippen LogP contribution in [0.3, 0.4) is 0 Å². The maximum Gasteiger partial charge on any atom is 0.295 e.